The predicted molar refractivity (Wildman–Crippen MR) is 96.1 cm³/mol. The van der Waals surface area contributed by atoms with E-state index in [1.165, 1.54) is 11.3 Å². The first-order chi connectivity index (χ1) is 10.9. The second-order valence-electron chi connectivity index (χ2n) is 7.47. The van der Waals surface area contributed by atoms with Crippen LogP contribution in [-0.2, 0) is 12.0 Å². The molecule has 4 heteroatoms. The molecule has 1 atom stereocenters. The molecule has 0 aliphatic carbocycles. The number of hydrogen-bond acceptors (Lipinski definition) is 4. The van der Waals surface area contributed by atoms with Crippen molar-refractivity contribution in [2.24, 2.45) is 0 Å². The van der Waals surface area contributed by atoms with Gasteiger partial charge in [0, 0.05) is 43.5 Å². The summed E-state index contributed by atoms with van der Waals surface area (Å²) in [7, 11) is 2.17. The van der Waals surface area contributed by atoms with Crippen molar-refractivity contribution in [1.29, 1.82) is 0 Å². The highest BCUT2D eigenvalue weighted by Crippen LogP contribution is 2.29. The monoisotopic (exact) mass is 310 g/mol. The molecule has 0 saturated heterocycles. The second-order valence-corrected chi connectivity index (χ2v) is 7.47. The first-order valence-electron chi connectivity index (χ1n) is 8.25. The lowest BCUT2D eigenvalue weighted by atomic mass is 9.96. The van der Waals surface area contributed by atoms with Gasteiger partial charge in [-0.15, -0.1) is 0 Å². The number of benzene rings is 1. The minimum Gasteiger partial charge on any atom is -0.372 e. The Morgan fingerprint density at radius 1 is 1.13 bits per heavy atom. The zero-order valence-corrected chi connectivity index (χ0v) is 14.7. The molecule has 1 unspecified atom stereocenters. The van der Waals surface area contributed by atoms with E-state index in [9.17, 15) is 0 Å². The van der Waals surface area contributed by atoms with Crippen molar-refractivity contribution >= 4 is 11.5 Å². The molecule has 0 radical (unpaired) electrons. The lowest BCUT2D eigenvalue weighted by Gasteiger charge is -2.30. The molecule has 1 aromatic heterocycles. The summed E-state index contributed by atoms with van der Waals surface area (Å²) in [6.07, 6.45) is 1.89. The lowest BCUT2D eigenvalue weighted by Crippen LogP contribution is -2.39. The average Bonchev–Trinajstić information content (AvgIpc) is 2.64. The van der Waals surface area contributed by atoms with Crippen LogP contribution in [0.5, 0.6) is 0 Å². The van der Waals surface area contributed by atoms with Gasteiger partial charge in [-0.05, 0) is 24.6 Å². The smallest absolute Gasteiger partial charge is 0.135 e. The largest absolute Gasteiger partial charge is 0.372 e. The van der Waals surface area contributed by atoms with Gasteiger partial charge in [-0.25, -0.2) is 9.97 Å². The van der Waals surface area contributed by atoms with Gasteiger partial charge in [-0.3, -0.25) is 0 Å². The lowest BCUT2D eigenvalue weighted by molar-refractivity contribution is 0.540. The summed E-state index contributed by atoms with van der Waals surface area (Å²) in [6, 6.07) is 11.0. The van der Waals surface area contributed by atoms with E-state index in [1.807, 2.05) is 12.3 Å². The molecule has 0 amide bonds. The summed E-state index contributed by atoms with van der Waals surface area (Å²) in [5.74, 6) is 1.91. The van der Waals surface area contributed by atoms with Crippen molar-refractivity contribution in [1.82, 2.24) is 9.97 Å². The molecule has 0 saturated carbocycles. The Morgan fingerprint density at radius 3 is 2.61 bits per heavy atom. The van der Waals surface area contributed by atoms with Crippen molar-refractivity contribution in [3.8, 4) is 0 Å². The van der Waals surface area contributed by atoms with Crippen LogP contribution < -0.4 is 9.80 Å². The summed E-state index contributed by atoms with van der Waals surface area (Å²) in [5, 5.41) is 0. The summed E-state index contributed by atoms with van der Waals surface area (Å²) in [6.45, 7) is 10.6. The van der Waals surface area contributed by atoms with Gasteiger partial charge < -0.3 is 9.80 Å². The first kappa shape index (κ1) is 15.8. The molecule has 0 bridgehead atoms. The molecule has 23 heavy (non-hydrogen) atoms. The average molecular weight is 310 g/mol. The molecule has 3 rings (SSSR count). The fourth-order valence-corrected chi connectivity index (χ4v) is 3.13. The molecule has 4 nitrogen and oxygen atoms in total. The van der Waals surface area contributed by atoms with E-state index >= 15 is 0 Å². The van der Waals surface area contributed by atoms with E-state index < -0.39 is 0 Å². The number of fused-ring (bicyclic) bond motifs is 1. The second kappa shape index (κ2) is 5.84. The number of likely N-dealkylation sites (N-methyl/N-ethyl adjacent to an activating group) is 1. The van der Waals surface area contributed by atoms with Gasteiger partial charge >= 0.3 is 0 Å². The SMILES string of the molecule is CC1CN(C)c2ccccc2CN1c1ccnc(C(C)(C)C)n1. The van der Waals surface area contributed by atoms with Crippen LogP contribution in [-0.4, -0.2) is 29.6 Å². The van der Waals surface area contributed by atoms with Crippen LogP contribution in [0.25, 0.3) is 0 Å². The van der Waals surface area contributed by atoms with Crippen molar-refractivity contribution in [2.75, 3.05) is 23.4 Å². The molecular weight excluding hydrogens is 284 g/mol. The minimum atomic E-state index is -0.0419. The van der Waals surface area contributed by atoms with E-state index in [4.69, 9.17) is 4.98 Å². The Labute approximate surface area is 139 Å². The first-order valence-corrected chi connectivity index (χ1v) is 8.25. The van der Waals surface area contributed by atoms with E-state index in [0.717, 1.165) is 24.7 Å². The Bertz CT molecular complexity index is 690. The van der Waals surface area contributed by atoms with Crippen LogP contribution in [0.2, 0.25) is 0 Å². The Kier molecular flexibility index (Phi) is 4.00. The van der Waals surface area contributed by atoms with Crippen LogP contribution in [0.3, 0.4) is 0 Å². The Morgan fingerprint density at radius 2 is 1.87 bits per heavy atom. The van der Waals surface area contributed by atoms with Crippen LogP contribution in [0.4, 0.5) is 11.5 Å². The highest BCUT2D eigenvalue weighted by atomic mass is 15.3. The van der Waals surface area contributed by atoms with Crippen LogP contribution >= 0.6 is 0 Å². The molecule has 1 aromatic carbocycles. The molecule has 2 aromatic rings. The van der Waals surface area contributed by atoms with Crippen molar-refractivity contribution in [3.63, 3.8) is 0 Å². The van der Waals surface area contributed by atoms with Crippen molar-refractivity contribution in [3.05, 3.63) is 47.9 Å². The van der Waals surface area contributed by atoms with E-state index in [2.05, 4.69) is 73.8 Å². The number of rotatable bonds is 1. The standard InChI is InChI=1S/C19H26N4/c1-14-12-22(5)16-9-7-6-8-15(16)13-23(14)17-10-11-20-18(21-17)19(2,3)4/h6-11,14H,12-13H2,1-5H3. The Hall–Kier alpha value is -2.10. The third kappa shape index (κ3) is 3.16. The normalized spacial score (nSPS) is 18.6. The van der Waals surface area contributed by atoms with Crippen LogP contribution in [0.1, 0.15) is 39.1 Å². The fraction of sp³-hybridized carbons (Fsp3) is 0.474. The highest BCUT2D eigenvalue weighted by Gasteiger charge is 2.25. The molecule has 1 aliphatic rings. The van der Waals surface area contributed by atoms with Gasteiger partial charge in [0.1, 0.15) is 11.6 Å². The van der Waals surface area contributed by atoms with E-state index in [-0.39, 0.29) is 5.41 Å². The third-order valence-corrected chi connectivity index (χ3v) is 4.42. The molecule has 0 N–H and O–H groups in total. The van der Waals surface area contributed by atoms with Crippen LogP contribution in [0.15, 0.2) is 36.5 Å². The quantitative estimate of drug-likeness (QED) is 0.805. The molecule has 0 fully saturated rings. The molecule has 2 heterocycles. The Balaban J connectivity index is 2.00. The number of nitrogens with zero attached hydrogens (tertiary/aromatic N) is 4. The molecule has 122 valence electrons. The number of anilines is 2. The maximum Gasteiger partial charge on any atom is 0.135 e. The van der Waals surface area contributed by atoms with Crippen molar-refractivity contribution < 1.29 is 0 Å². The van der Waals surface area contributed by atoms with Gasteiger partial charge in [0.15, 0.2) is 0 Å². The maximum atomic E-state index is 4.85. The van der Waals surface area contributed by atoms with E-state index in [0.29, 0.717) is 6.04 Å². The summed E-state index contributed by atoms with van der Waals surface area (Å²) in [4.78, 5) is 14.0. The maximum absolute atomic E-state index is 4.85. The number of para-hydroxylation sites is 1. The van der Waals surface area contributed by atoms with E-state index in [1.54, 1.807) is 0 Å². The molecule has 0 spiro atoms. The molecular formula is C19H26N4. The third-order valence-electron chi connectivity index (χ3n) is 4.42. The van der Waals surface area contributed by atoms with Gasteiger partial charge in [0.2, 0.25) is 0 Å². The fourth-order valence-electron chi connectivity index (χ4n) is 3.13. The predicted octanol–water partition coefficient (Wildman–Crippen LogP) is 3.62. The van der Waals surface area contributed by atoms with Gasteiger partial charge in [-0.1, -0.05) is 39.0 Å². The minimum absolute atomic E-state index is 0.0419. The van der Waals surface area contributed by atoms with Crippen molar-refractivity contribution in [2.45, 2.75) is 45.7 Å². The highest BCUT2D eigenvalue weighted by molar-refractivity contribution is 5.57. The topological polar surface area (TPSA) is 32.3 Å². The summed E-state index contributed by atoms with van der Waals surface area (Å²) >= 11 is 0. The summed E-state index contributed by atoms with van der Waals surface area (Å²) < 4.78 is 0. The van der Waals surface area contributed by atoms with Gasteiger partial charge in [0.25, 0.3) is 0 Å². The van der Waals surface area contributed by atoms with Crippen LogP contribution in [0, 0.1) is 0 Å². The van der Waals surface area contributed by atoms with Gasteiger partial charge in [-0.2, -0.15) is 0 Å². The zero-order valence-electron chi connectivity index (χ0n) is 14.7. The zero-order chi connectivity index (χ0) is 16.6. The summed E-state index contributed by atoms with van der Waals surface area (Å²) in [5.41, 5.74) is 2.61. The number of hydrogen-bond donors (Lipinski definition) is 0. The van der Waals surface area contributed by atoms with Gasteiger partial charge in [0.05, 0.1) is 0 Å². The number of aromatic nitrogens is 2. The molecule has 1 aliphatic heterocycles.